The summed E-state index contributed by atoms with van der Waals surface area (Å²) < 4.78 is 5.32. The molecule has 6 nitrogen and oxygen atoms in total. The van der Waals surface area contributed by atoms with Crippen molar-refractivity contribution in [2.24, 2.45) is 4.99 Å². The fourth-order valence-electron chi connectivity index (χ4n) is 4.05. The molecule has 25 heavy (non-hydrogen) atoms. The maximum atomic E-state index is 10.5. The molecule has 3 heterocycles. The van der Waals surface area contributed by atoms with Crippen LogP contribution in [0.5, 0.6) is 0 Å². The second kappa shape index (κ2) is 8.73. The molecule has 0 aliphatic carbocycles. The number of hydrogen-bond acceptors (Lipinski definition) is 4. The lowest BCUT2D eigenvalue weighted by atomic mass is 9.82. The average molecular weight is 462 g/mol. The fraction of sp³-hybridized carbons (Fsp3) is 0.722. The van der Waals surface area contributed by atoms with E-state index in [1.807, 2.05) is 0 Å². The largest absolute Gasteiger partial charge is 0.466 e. The molecule has 3 rings (SSSR count). The summed E-state index contributed by atoms with van der Waals surface area (Å²) in [7, 11) is 4.03. The highest BCUT2D eigenvalue weighted by Crippen LogP contribution is 2.32. The van der Waals surface area contributed by atoms with Gasteiger partial charge in [0.2, 0.25) is 0 Å². The Balaban J connectivity index is 0.00000225. The number of nitrogens with one attached hydrogen (secondary N) is 2. The van der Waals surface area contributed by atoms with Crippen LogP contribution in [0, 0.1) is 0 Å². The van der Waals surface area contributed by atoms with Crippen LogP contribution in [0.25, 0.3) is 0 Å². The fourth-order valence-corrected chi connectivity index (χ4v) is 4.05. The molecule has 1 aromatic rings. The molecule has 0 spiro atoms. The van der Waals surface area contributed by atoms with Gasteiger partial charge in [-0.15, -0.1) is 24.0 Å². The molecule has 2 saturated heterocycles. The van der Waals surface area contributed by atoms with Crippen LogP contribution in [0.15, 0.2) is 27.8 Å². The summed E-state index contributed by atoms with van der Waals surface area (Å²) >= 11 is 0. The highest BCUT2D eigenvalue weighted by Gasteiger charge is 2.36. The van der Waals surface area contributed by atoms with Crippen LogP contribution in [0.4, 0.5) is 0 Å². The summed E-state index contributed by atoms with van der Waals surface area (Å²) in [5, 5.41) is 17.3. The van der Waals surface area contributed by atoms with E-state index in [9.17, 15) is 5.11 Å². The zero-order valence-corrected chi connectivity index (χ0v) is 17.7. The first-order chi connectivity index (χ1) is 11.5. The van der Waals surface area contributed by atoms with Gasteiger partial charge in [0.15, 0.2) is 5.96 Å². The Bertz CT molecular complexity index is 547. The molecule has 142 valence electrons. The van der Waals surface area contributed by atoms with Gasteiger partial charge in [0.05, 0.1) is 12.8 Å². The van der Waals surface area contributed by atoms with Crippen molar-refractivity contribution in [1.29, 1.82) is 0 Å². The molecule has 1 aromatic heterocycles. The molecule has 2 aliphatic heterocycles. The number of aliphatic hydroxyl groups is 1. The van der Waals surface area contributed by atoms with Crippen LogP contribution >= 0.6 is 24.0 Å². The molecule has 2 bridgehead atoms. The van der Waals surface area contributed by atoms with Crippen LogP contribution < -0.4 is 10.6 Å². The number of halogens is 1. The van der Waals surface area contributed by atoms with Crippen molar-refractivity contribution in [2.75, 3.05) is 20.6 Å². The molecule has 3 N–H and O–H groups in total. The molecule has 0 aromatic carbocycles. The Morgan fingerprint density at radius 3 is 2.64 bits per heavy atom. The van der Waals surface area contributed by atoms with Gasteiger partial charge in [-0.05, 0) is 51.8 Å². The smallest absolute Gasteiger partial charge is 0.191 e. The van der Waals surface area contributed by atoms with Gasteiger partial charge < -0.3 is 25.1 Å². The van der Waals surface area contributed by atoms with E-state index in [2.05, 4.69) is 27.6 Å². The predicted molar refractivity (Wildman–Crippen MR) is 110 cm³/mol. The lowest BCUT2D eigenvalue weighted by molar-refractivity contribution is 0.0377. The first-order valence-corrected chi connectivity index (χ1v) is 8.95. The van der Waals surface area contributed by atoms with Gasteiger partial charge in [0.25, 0.3) is 0 Å². The number of rotatable bonds is 4. The molecular formula is C18H31IN4O2. The number of fused-ring (bicyclic) bond motifs is 2. The normalized spacial score (nSPS) is 29.4. The van der Waals surface area contributed by atoms with Crippen molar-refractivity contribution in [3.8, 4) is 0 Å². The Labute approximate surface area is 167 Å². The average Bonchev–Trinajstić information content (AvgIpc) is 3.07. The van der Waals surface area contributed by atoms with E-state index in [0.717, 1.165) is 18.8 Å². The first-order valence-electron chi connectivity index (χ1n) is 8.95. The van der Waals surface area contributed by atoms with Gasteiger partial charge in [-0.1, -0.05) is 6.42 Å². The van der Waals surface area contributed by atoms with Crippen LogP contribution in [-0.4, -0.2) is 54.7 Å². The molecule has 7 heteroatoms. The summed E-state index contributed by atoms with van der Waals surface area (Å²) in [6.07, 6.45) is 7.83. The van der Waals surface area contributed by atoms with Gasteiger partial charge in [0, 0.05) is 25.2 Å². The molecule has 0 amide bonds. The van der Waals surface area contributed by atoms with E-state index < -0.39 is 5.60 Å². The quantitative estimate of drug-likeness (QED) is 0.364. The minimum absolute atomic E-state index is 0. The van der Waals surface area contributed by atoms with Crippen molar-refractivity contribution in [1.82, 2.24) is 15.5 Å². The number of aliphatic imine (C=N–C) groups is 1. The van der Waals surface area contributed by atoms with Gasteiger partial charge in [-0.2, -0.15) is 0 Å². The van der Waals surface area contributed by atoms with Crippen molar-refractivity contribution < 1.29 is 9.52 Å². The van der Waals surface area contributed by atoms with Crippen molar-refractivity contribution in [2.45, 2.75) is 62.8 Å². The highest BCUT2D eigenvalue weighted by atomic mass is 127. The lowest BCUT2D eigenvalue weighted by Gasteiger charge is -2.47. The zero-order valence-electron chi connectivity index (χ0n) is 15.4. The third-order valence-corrected chi connectivity index (χ3v) is 5.56. The summed E-state index contributed by atoms with van der Waals surface area (Å²) in [5.74, 6) is 1.30. The molecular weight excluding hydrogens is 431 g/mol. The number of nitrogens with zero attached hydrogens (tertiary/aromatic N) is 2. The second-order valence-corrected chi connectivity index (χ2v) is 7.39. The minimum Gasteiger partial charge on any atom is -0.466 e. The van der Waals surface area contributed by atoms with Crippen LogP contribution in [0.1, 0.15) is 44.8 Å². The lowest BCUT2D eigenvalue weighted by Crippen LogP contribution is -2.57. The third-order valence-electron chi connectivity index (χ3n) is 5.56. The van der Waals surface area contributed by atoms with Crippen LogP contribution in [-0.2, 0) is 5.60 Å². The highest BCUT2D eigenvalue weighted by molar-refractivity contribution is 14.0. The van der Waals surface area contributed by atoms with Gasteiger partial charge in [0.1, 0.15) is 11.4 Å². The SMILES string of the molecule is CN=C(NCC(C)(O)c1ccco1)NC1CC2CCCC(C1)N2C.I. The third kappa shape index (κ3) is 4.89. The molecule has 0 radical (unpaired) electrons. The Hall–Kier alpha value is -0.800. The number of piperidine rings is 2. The van der Waals surface area contributed by atoms with E-state index in [0.29, 0.717) is 30.4 Å². The van der Waals surface area contributed by atoms with Crippen LogP contribution in [0.3, 0.4) is 0 Å². The van der Waals surface area contributed by atoms with E-state index >= 15 is 0 Å². The number of hydrogen-bond donors (Lipinski definition) is 3. The predicted octanol–water partition coefficient (Wildman–Crippen LogP) is 2.29. The summed E-state index contributed by atoms with van der Waals surface area (Å²) in [5.41, 5.74) is -1.07. The van der Waals surface area contributed by atoms with E-state index in [4.69, 9.17) is 4.42 Å². The molecule has 2 aliphatic rings. The maximum Gasteiger partial charge on any atom is 0.191 e. The standard InChI is InChI=1S/C18H30N4O2.HI/c1-18(23,16-8-5-9-24-16)12-20-17(19-2)21-13-10-14-6-4-7-15(11-13)22(14)3;/h5,8-9,13-15,23H,4,6-7,10-12H2,1-3H3,(H2,19,20,21);1H. The second-order valence-electron chi connectivity index (χ2n) is 7.39. The monoisotopic (exact) mass is 462 g/mol. The Kier molecular flexibility index (Phi) is 7.16. The number of guanidine groups is 1. The van der Waals surface area contributed by atoms with Crippen molar-refractivity contribution in [3.63, 3.8) is 0 Å². The zero-order chi connectivity index (χ0) is 17.2. The Morgan fingerprint density at radius 2 is 2.08 bits per heavy atom. The minimum atomic E-state index is -1.07. The van der Waals surface area contributed by atoms with Gasteiger partial charge in [-0.25, -0.2) is 0 Å². The molecule has 3 atom stereocenters. The van der Waals surface area contributed by atoms with E-state index in [1.165, 1.54) is 19.3 Å². The van der Waals surface area contributed by atoms with Gasteiger partial charge >= 0.3 is 0 Å². The topological polar surface area (TPSA) is 73.0 Å². The van der Waals surface area contributed by atoms with Crippen molar-refractivity contribution >= 4 is 29.9 Å². The Morgan fingerprint density at radius 1 is 1.40 bits per heavy atom. The molecule has 0 saturated carbocycles. The molecule has 2 fully saturated rings. The number of furan rings is 1. The van der Waals surface area contributed by atoms with E-state index in [-0.39, 0.29) is 24.0 Å². The summed E-state index contributed by atoms with van der Waals surface area (Å²) in [6.45, 7) is 2.09. The maximum absolute atomic E-state index is 10.5. The molecule has 3 unspecified atom stereocenters. The first kappa shape index (κ1) is 20.5. The van der Waals surface area contributed by atoms with Crippen molar-refractivity contribution in [3.05, 3.63) is 24.2 Å². The summed E-state index contributed by atoms with van der Waals surface area (Å²) in [6, 6.07) is 5.37. The van der Waals surface area contributed by atoms with E-state index in [1.54, 1.807) is 32.4 Å². The van der Waals surface area contributed by atoms with Gasteiger partial charge in [-0.3, -0.25) is 4.99 Å². The summed E-state index contributed by atoms with van der Waals surface area (Å²) in [4.78, 5) is 6.87. The van der Waals surface area contributed by atoms with Crippen LogP contribution in [0.2, 0.25) is 0 Å².